The number of rotatable bonds is 3. The van der Waals surface area contributed by atoms with Crippen LogP contribution in [0.2, 0.25) is 0 Å². The molecular formula is C18H13F7N2O. The summed E-state index contributed by atoms with van der Waals surface area (Å²) >= 11 is 0. The second-order valence-electron chi connectivity index (χ2n) is 6.39. The number of nitrogens with zero attached hydrogens (tertiary/aromatic N) is 1. The van der Waals surface area contributed by atoms with Crippen LogP contribution in [0.1, 0.15) is 45.9 Å². The minimum Gasteiger partial charge on any atom is -0.349 e. The average Bonchev–Trinajstić information content (AvgIpc) is 2.58. The quantitative estimate of drug-likeness (QED) is 0.735. The van der Waals surface area contributed by atoms with Gasteiger partial charge < -0.3 is 5.32 Å². The zero-order valence-corrected chi connectivity index (χ0v) is 14.0. The van der Waals surface area contributed by atoms with Crippen LogP contribution in [0.5, 0.6) is 0 Å². The molecule has 1 N–H and O–H groups in total. The van der Waals surface area contributed by atoms with E-state index in [4.69, 9.17) is 0 Å². The van der Waals surface area contributed by atoms with Crippen LogP contribution in [-0.4, -0.2) is 16.9 Å². The molecule has 0 bridgehead atoms. The molecule has 150 valence electrons. The molecule has 1 aromatic heterocycles. The van der Waals surface area contributed by atoms with Gasteiger partial charge in [0.05, 0.1) is 11.1 Å². The van der Waals surface area contributed by atoms with E-state index in [9.17, 15) is 35.5 Å². The third kappa shape index (κ3) is 3.95. The van der Waals surface area contributed by atoms with E-state index in [1.165, 1.54) is 0 Å². The number of carbonyl (C=O) groups excluding carboxylic acids is 1. The highest BCUT2D eigenvalue weighted by Crippen LogP contribution is 2.43. The highest BCUT2D eigenvalue weighted by atomic mass is 19.4. The SMILES string of the molecule is O=C(NC1CC[C@H]1c1ccc(F)cc1C(F)(F)F)c1cccnc1C(F)(F)F. The lowest BCUT2D eigenvalue weighted by Crippen LogP contribution is -2.46. The van der Waals surface area contributed by atoms with Crippen LogP contribution in [0.25, 0.3) is 0 Å². The van der Waals surface area contributed by atoms with E-state index in [1.54, 1.807) is 0 Å². The number of carbonyl (C=O) groups is 1. The third-order valence-corrected chi connectivity index (χ3v) is 4.63. The Bertz CT molecular complexity index is 892. The molecule has 2 atom stereocenters. The van der Waals surface area contributed by atoms with E-state index in [0.717, 1.165) is 30.5 Å². The predicted molar refractivity (Wildman–Crippen MR) is 83.9 cm³/mol. The van der Waals surface area contributed by atoms with Crippen molar-refractivity contribution < 1.29 is 35.5 Å². The highest BCUT2D eigenvalue weighted by Gasteiger charge is 2.42. The van der Waals surface area contributed by atoms with Crippen molar-refractivity contribution in [1.82, 2.24) is 10.3 Å². The summed E-state index contributed by atoms with van der Waals surface area (Å²) in [4.78, 5) is 15.5. The smallest absolute Gasteiger partial charge is 0.349 e. The van der Waals surface area contributed by atoms with E-state index >= 15 is 0 Å². The molecule has 1 heterocycles. The van der Waals surface area contributed by atoms with Crippen molar-refractivity contribution in [3.63, 3.8) is 0 Å². The Kier molecular flexibility index (Phi) is 5.07. The number of nitrogens with one attached hydrogen (secondary N) is 1. The zero-order valence-electron chi connectivity index (χ0n) is 14.0. The minimum atomic E-state index is -4.85. The summed E-state index contributed by atoms with van der Waals surface area (Å²) in [6, 6.07) is 3.54. The van der Waals surface area contributed by atoms with Crippen molar-refractivity contribution in [2.75, 3.05) is 0 Å². The molecule has 0 spiro atoms. The number of benzene rings is 1. The molecule has 3 rings (SSSR count). The van der Waals surface area contributed by atoms with Gasteiger partial charge in [0, 0.05) is 18.2 Å². The number of aromatic nitrogens is 1. The van der Waals surface area contributed by atoms with Gasteiger partial charge in [0.15, 0.2) is 5.69 Å². The summed E-state index contributed by atoms with van der Waals surface area (Å²) in [6.45, 7) is 0. The number of halogens is 7. The Labute approximate surface area is 154 Å². The van der Waals surface area contributed by atoms with Gasteiger partial charge in [-0.2, -0.15) is 26.3 Å². The van der Waals surface area contributed by atoms with Gasteiger partial charge in [-0.25, -0.2) is 4.39 Å². The fourth-order valence-electron chi connectivity index (χ4n) is 3.20. The lowest BCUT2D eigenvalue weighted by atomic mass is 9.73. The lowest BCUT2D eigenvalue weighted by Gasteiger charge is -2.38. The molecule has 10 heteroatoms. The van der Waals surface area contributed by atoms with E-state index in [-0.39, 0.29) is 18.4 Å². The van der Waals surface area contributed by atoms with Crippen molar-refractivity contribution in [3.8, 4) is 0 Å². The zero-order chi connectivity index (χ0) is 20.7. The fourth-order valence-corrected chi connectivity index (χ4v) is 3.20. The molecule has 1 aliphatic carbocycles. The second-order valence-corrected chi connectivity index (χ2v) is 6.39. The van der Waals surface area contributed by atoms with Gasteiger partial charge in [0.25, 0.3) is 5.91 Å². The lowest BCUT2D eigenvalue weighted by molar-refractivity contribution is -0.141. The minimum absolute atomic E-state index is 0.201. The van der Waals surface area contributed by atoms with Gasteiger partial charge in [0.1, 0.15) is 5.82 Å². The number of pyridine rings is 1. The number of alkyl halides is 6. The molecule has 0 saturated heterocycles. The van der Waals surface area contributed by atoms with Crippen LogP contribution in [0, 0.1) is 5.82 Å². The summed E-state index contributed by atoms with van der Waals surface area (Å²) in [5, 5.41) is 2.35. The largest absolute Gasteiger partial charge is 0.434 e. The summed E-state index contributed by atoms with van der Waals surface area (Å²) in [6.07, 6.45) is -8.20. The summed E-state index contributed by atoms with van der Waals surface area (Å²) in [5.41, 5.74) is -3.45. The van der Waals surface area contributed by atoms with Gasteiger partial charge in [-0.3, -0.25) is 9.78 Å². The van der Waals surface area contributed by atoms with Crippen LogP contribution in [0.3, 0.4) is 0 Å². The van der Waals surface area contributed by atoms with Crippen molar-refractivity contribution in [2.45, 2.75) is 37.2 Å². The first kappa shape index (κ1) is 20.1. The molecule has 1 aromatic carbocycles. The summed E-state index contributed by atoms with van der Waals surface area (Å²) < 4.78 is 91.9. The van der Waals surface area contributed by atoms with Crippen LogP contribution in [0.15, 0.2) is 36.5 Å². The Morgan fingerprint density at radius 3 is 2.32 bits per heavy atom. The summed E-state index contributed by atoms with van der Waals surface area (Å²) in [5.74, 6) is -2.92. The van der Waals surface area contributed by atoms with E-state index < -0.39 is 52.9 Å². The van der Waals surface area contributed by atoms with Gasteiger partial charge >= 0.3 is 12.4 Å². The van der Waals surface area contributed by atoms with Crippen LogP contribution < -0.4 is 5.32 Å². The topological polar surface area (TPSA) is 42.0 Å². The van der Waals surface area contributed by atoms with Crippen LogP contribution in [0.4, 0.5) is 30.7 Å². The highest BCUT2D eigenvalue weighted by molar-refractivity contribution is 5.95. The average molecular weight is 406 g/mol. The van der Waals surface area contributed by atoms with Crippen molar-refractivity contribution in [2.24, 2.45) is 0 Å². The molecule has 0 radical (unpaired) electrons. The Balaban J connectivity index is 1.85. The molecule has 1 aliphatic rings. The standard InChI is InChI=1S/C18H13F7N2O/c19-9-3-4-10(13(8-9)17(20,21)22)11-5-6-14(11)27-16(28)12-2-1-7-26-15(12)18(23,24)25/h1-4,7-8,11,14H,5-6H2,(H,27,28)/t11-,14?/m0/s1. The molecule has 2 aromatic rings. The first-order chi connectivity index (χ1) is 13.0. The molecule has 28 heavy (non-hydrogen) atoms. The number of hydrogen-bond acceptors (Lipinski definition) is 2. The molecular weight excluding hydrogens is 393 g/mol. The molecule has 0 aliphatic heterocycles. The van der Waals surface area contributed by atoms with Gasteiger partial charge in [0.2, 0.25) is 0 Å². The Morgan fingerprint density at radius 2 is 1.75 bits per heavy atom. The maximum Gasteiger partial charge on any atom is 0.434 e. The van der Waals surface area contributed by atoms with Crippen molar-refractivity contribution in [3.05, 3.63) is 64.7 Å². The molecule has 3 nitrogen and oxygen atoms in total. The molecule has 1 unspecified atom stereocenters. The maximum absolute atomic E-state index is 13.3. The summed E-state index contributed by atoms with van der Waals surface area (Å²) in [7, 11) is 0. The van der Waals surface area contributed by atoms with Gasteiger partial charge in [-0.1, -0.05) is 6.07 Å². The second kappa shape index (κ2) is 7.06. The Hall–Kier alpha value is -2.65. The monoisotopic (exact) mass is 406 g/mol. The first-order valence-corrected chi connectivity index (χ1v) is 8.18. The van der Waals surface area contributed by atoms with Crippen molar-refractivity contribution in [1.29, 1.82) is 0 Å². The fraction of sp³-hybridized carbons (Fsp3) is 0.333. The Morgan fingerprint density at radius 1 is 1.04 bits per heavy atom. The maximum atomic E-state index is 13.3. The normalized spacial score (nSPS) is 19.8. The van der Waals surface area contributed by atoms with Gasteiger partial charge in [-0.15, -0.1) is 0 Å². The van der Waals surface area contributed by atoms with E-state index in [2.05, 4.69) is 10.3 Å². The third-order valence-electron chi connectivity index (χ3n) is 4.63. The van der Waals surface area contributed by atoms with E-state index in [0.29, 0.717) is 6.07 Å². The van der Waals surface area contributed by atoms with E-state index in [1.807, 2.05) is 0 Å². The first-order valence-electron chi connectivity index (χ1n) is 8.18. The molecule has 1 fully saturated rings. The van der Waals surface area contributed by atoms with Crippen molar-refractivity contribution >= 4 is 5.91 Å². The van der Waals surface area contributed by atoms with Gasteiger partial charge in [-0.05, 0) is 42.7 Å². The molecule has 1 amide bonds. The van der Waals surface area contributed by atoms with Crippen LogP contribution >= 0.6 is 0 Å². The predicted octanol–water partition coefficient (Wildman–Crippen LogP) is 4.93. The van der Waals surface area contributed by atoms with Crippen LogP contribution in [-0.2, 0) is 12.4 Å². The molecule has 1 saturated carbocycles. The number of amides is 1. The number of hydrogen-bond donors (Lipinski definition) is 1.